The summed E-state index contributed by atoms with van der Waals surface area (Å²) in [5.41, 5.74) is 3.36. The Hall–Kier alpha value is -3.32. The molecule has 34 heavy (non-hydrogen) atoms. The first kappa shape index (κ1) is 23.8. The van der Waals surface area contributed by atoms with Gasteiger partial charge in [-0.25, -0.2) is 4.90 Å². The fourth-order valence-corrected chi connectivity index (χ4v) is 3.98. The van der Waals surface area contributed by atoms with Crippen LogP contribution < -0.4 is 15.5 Å². The number of nitrogens with one attached hydrogen (secondary N) is 2. The first-order valence-corrected chi connectivity index (χ1v) is 11.3. The molecule has 3 aromatic carbocycles. The van der Waals surface area contributed by atoms with Gasteiger partial charge in [-0.05, 0) is 67.4 Å². The van der Waals surface area contributed by atoms with Crippen LogP contribution in [0.1, 0.15) is 21.5 Å². The van der Waals surface area contributed by atoms with Gasteiger partial charge in [0, 0.05) is 16.9 Å². The highest BCUT2D eigenvalue weighted by molar-refractivity contribution is 6.53. The van der Waals surface area contributed by atoms with Crippen molar-refractivity contribution in [3.8, 4) is 0 Å². The Balaban J connectivity index is 1.56. The van der Waals surface area contributed by atoms with Crippen LogP contribution in [0.4, 0.5) is 17.1 Å². The van der Waals surface area contributed by atoms with Gasteiger partial charge in [0.2, 0.25) is 0 Å². The second-order valence-electron chi connectivity index (χ2n) is 7.64. The summed E-state index contributed by atoms with van der Waals surface area (Å²) in [5, 5.41) is 6.10. The van der Waals surface area contributed by atoms with E-state index in [1.807, 2.05) is 19.9 Å². The molecule has 0 fully saturated rings. The Bertz CT molecular complexity index is 1380. The smallest absolute Gasteiger partial charge is 0.283 e. The number of rotatable bonds is 5. The van der Waals surface area contributed by atoms with Gasteiger partial charge >= 0.3 is 0 Å². The zero-order valence-electron chi connectivity index (χ0n) is 18.1. The minimum absolute atomic E-state index is 0.0605. The van der Waals surface area contributed by atoms with Crippen LogP contribution in [0.3, 0.4) is 0 Å². The third kappa shape index (κ3) is 4.53. The Morgan fingerprint density at radius 1 is 0.824 bits per heavy atom. The number of carbonyl (C=O) groups excluding carboxylic acids is 3. The Kier molecular flexibility index (Phi) is 6.66. The quantitative estimate of drug-likeness (QED) is 0.392. The predicted octanol–water partition coefficient (Wildman–Crippen LogP) is 6.30. The zero-order chi connectivity index (χ0) is 24.6. The summed E-state index contributed by atoms with van der Waals surface area (Å²) in [5.74, 6) is -1.58. The molecular formula is C25H18Cl3N3O3. The SMILES string of the molecule is Cc1cccc(N2C(=O)C(Cl)=C(Nc3cccc(C(=O)Nc4ccc(Cl)c(Cl)c4)c3)C2=O)c1C. The van der Waals surface area contributed by atoms with Gasteiger partial charge in [-0.1, -0.05) is 53.0 Å². The summed E-state index contributed by atoms with van der Waals surface area (Å²) in [6, 6.07) is 16.6. The number of benzene rings is 3. The number of halogens is 3. The predicted molar refractivity (Wildman–Crippen MR) is 136 cm³/mol. The van der Waals surface area contributed by atoms with E-state index in [1.165, 1.54) is 0 Å². The summed E-state index contributed by atoms with van der Waals surface area (Å²) < 4.78 is 0. The molecule has 2 N–H and O–H groups in total. The first-order valence-electron chi connectivity index (χ1n) is 10.2. The molecule has 1 heterocycles. The van der Waals surface area contributed by atoms with Gasteiger partial charge in [0.25, 0.3) is 17.7 Å². The normalized spacial score (nSPS) is 13.5. The first-order chi connectivity index (χ1) is 16.2. The fourth-order valence-electron chi connectivity index (χ4n) is 3.47. The molecule has 0 saturated heterocycles. The molecule has 0 aromatic heterocycles. The average Bonchev–Trinajstić information content (AvgIpc) is 3.01. The molecule has 1 aliphatic rings. The molecule has 172 valence electrons. The summed E-state index contributed by atoms with van der Waals surface area (Å²) in [4.78, 5) is 39.7. The van der Waals surface area contributed by atoms with Crippen molar-refractivity contribution in [1.29, 1.82) is 0 Å². The summed E-state index contributed by atoms with van der Waals surface area (Å²) in [6.45, 7) is 3.73. The van der Waals surface area contributed by atoms with E-state index in [1.54, 1.807) is 54.6 Å². The Morgan fingerprint density at radius 3 is 2.29 bits per heavy atom. The number of hydrogen-bond donors (Lipinski definition) is 2. The van der Waals surface area contributed by atoms with Crippen LogP contribution in [0.25, 0.3) is 0 Å². The van der Waals surface area contributed by atoms with E-state index in [-0.39, 0.29) is 10.7 Å². The van der Waals surface area contributed by atoms with Crippen LogP contribution in [0.5, 0.6) is 0 Å². The highest BCUT2D eigenvalue weighted by atomic mass is 35.5. The lowest BCUT2D eigenvalue weighted by atomic mass is 10.1. The van der Waals surface area contributed by atoms with Gasteiger partial charge in [0.1, 0.15) is 10.7 Å². The number of amides is 3. The van der Waals surface area contributed by atoms with Gasteiger partial charge < -0.3 is 10.6 Å². The van der Waals surface area contributed by atoms with E-state index >= 15 is 0 Å². The molecule has 0 atom stereocenters. The van der Waals surface area contributed by atoms with Crippen molar-refractivity contribution in [2.75, 3.05) is 15.5 Å². The van der Waals surface area contributed by atoms with E-state index in [4.69, 9.17) is 34.8 Å². The minimum Gasteiger partial charge on any atom is -0.350 e. The lowest BCUT2D eigenvalue weighted by Crippen LogP contribution is -2.33. The maximum Gasteiger partial charge on any atom is 0.283 e. The van der Waals surface area contributed by atoms with E-state index in [9.17, 15) is 14.4 Å². The molecule has 4 rings (SSSR count). The third-order valence-corrected chi connectivity index (χ3v) is 6.51. The molecule has 0 spiro atoms. The van der Waals surface area contributed by atoms with E-state index in [0.717, 1.165) is 16.0 Å². The maximum absolute atomic E-state index is 13.1. The van der Waals surface area contributed by atoms with Gasteiger partial charge in [-0.3, -0.25) is 14.4 Å². The maximum atomic E-state index is 13.1. The largest absolute Gasteiger partial charge is 0.350 e. The second-order valence-corrected chi connectivity index (χ2v) is 8.83. The Labute approximate surface area is 211 Å². The number of anilines is 3. The monoisotopic (exact) mass is 513 g/mol. The third-order valence-electron chi connectivity index (χ3n) is 5.42. The van der Waals surface area contributed by atoms with E-state index in [0.29, 0.717) is 32.7 Å². The topological polar surface area (TPSA) is 78.5 Å². The van der Waals surface area contributed by atoms with Crippen molar-refractivity contribution in [3.63, 3.8) is 0 Å². The highest BCUT2D eigenvalue weighted by Gasteiger charge is 2.39. The van der Waals surface area contributed by atoms with Crippen LogP contribution >= 0.6 is 34.8 Å². The van der Waals surface area contributed by atoms with Gasteiger partial charge in [0.15, 0.2) is 0 Å². The van der Waals surface area contributed by atoms with Crippen molar-refractivity contribution in [2.24, 2.45) is 0 Å². The standard InChI is InChI=1S/C25H18Cl3N3O3/c1-13-5-3-8-20(14(13)2)31-24(33)21(28)22(25(31)34)29-16-7-4-6-15(11-16)23(32)30-17-9-10-18(26)19(27)12-17/h3-12,29H,1-2H3,(H,30,32). The average molecular weight is 515 g/mol. The molecular weight excluding hydrogens is 497 g/mol. The fraction of sp³-hybridized carbons (Fsp3) is 0.0800. The van der Waals surface area contributed by atoms with Gasteiger partial charge in [-0.2, -0.15) is 0 Å². The molecule has 1 aliphatic heterocycles. The molecule has 6 nitrogen and oxygen atoms in total. The second kappa shape index (κ2) is 9.50. The van der Waals surface area contributed by atoms with Crippen LogP contribution in [-0.2, 0) is 9.59 Å². The van der Waals surface area contributed by atoms with Gasteiger partial charge in [0.05, 0.1) is 15.7 Å². The van der Waals surface area contributed by atoms with Crippen molar-refractivity contribution in [2.45, 2.75) is 13.8 Å². The van der Waals surface area contributed by atoms with Crippen molar-refractivity contribution in [1.82, 2.24) is 0 Å². The number of hydrogen-bond acceptors (Lipinski definition) is 4. The van der Waals surface area contributed by atoms with Crippen LogP contribution in [0.15, 0.2) is 71.4 Å². The molecule has 0 saturated carbocycles. The highest BCUT2D eigenvalue weighted by Crippen LogP contribution is 2.33. The molecule has 0 bridgehead atoms. The summed E-state index contributed by atoms with van der Waals surface area (Å²) >= 11 is 18.2. The zero-order valence-corrected chi connectivity index (χ0v) is 20.3. The summed E-state index contributed by atoms with van der Waals surface area (Å²) in [7, 11) is 0. The van der Waals surface area contributed by atoms with Crippen molar-refractivity contribution < 1.29 is 14.4 Å². The van der Waals surface area contributed by atoms with E-state index < -0.39 is 17.7 Å². The lowest BCUT2D eigenvalue weighted by molar-refractivity contribution is -0.120. The van der Waals surface area contributed by atoms with E-state index in [2.05, 4.69) is 10.6 Å². The number of nitrogens with zero attached hydrogens (tertiary/aromatic N) is 1. The molecule has 9 heteroatoms. The Morgan fingerprint density at radius 2 is 1.56 bits per heavy atom. The van der Waals surface area contributed by atoms with Crippen LogP contribution in [-0.4, -0.2) is 17.7 Å². The molecule has 3 aromatic rings. The van der Waals surface area contributed by atoms with Crippen molar-refractivity contribution >= 4 is 69.6 Å². The summed E-state index contributed by atoms with van der Waals surface area (Å²) in [6.07, 6.45) is 0. The molecule has 0 unspecified atom stereocenters. The minimum atomic E-state index is -0.614. The van der Waals surface area contributed by atoms with Crippen LogP contribution in [0.2, 0.25) is 10.0 Å². The van der Waals surface area contributed by atoms with Crippen LogP contribution in [0, 0.1) is 13.8 Å². The van der Waals surface area contributed by atoms with Crippen molar-refractivity contribution in [3.05, 3.63) is 98.1 Å². The molecule has 0 aliphatic carbocycles. The molecule has 0 radical (unpaired) electrons. The number of aryl methyl sites for hydroxylation is 1. The van der Waals surface area contributed by atoms with Gasteiger partial charge in [-0.15, -0.1) is 0 Å². The number of carbonyl (C=O) groups is 3. The molecule has 3 amide bonds. The lowest BCUT2D eigenvalue weighted by Gasteiger charge is -2.18. The number of imide groups is 1.